The maximum atomic E-state index is 13.8. The summed E-state index contributed by atoms with van der Waals surface area (Å²) in [6.07, 6.45) is 0.881. The Morgan fingerprint density at radius 2 is 1.80 bits per heavy atom. The number of rotatable bonds is 6. The highest BCUT2D eigenvalue weighted by atomic mass is 32.1. The first kappa shape index (κ1) is 23.0. The molecule has 2 aromatic carbocycles. The van der Waals surface area contributed by atoms with Crippen LogP contribution < -0.4 is 9.64 Å². The van der Waals surface area contributed by atoms with Crippen molar-refractivity contribution >= 4 is 49.3 Å². The van der Waals surface area contributed by atoms with Gasteiger partial charge in [0.15, 0.2) is 10.8 Å². The number of pyridine rings is 1. The van der Waals surface area contributed by atoms with Crippen molar-refractivity contribution in [1.29, 1.82) is 0 Å². The highest BCUT2D eigenvalue weighted by molar-refractivity contribution is 7.22. The third kappa shape index (κ3) is 4.04. The smallest absolute Gasteiger partial charge is 0.242 e. The highest BCUT2D eigenvalue weighted by Gasteiger charge is 2.24. The zero-order valence-corrected chi connectivity index (χ0v) is 21.3. The third-order valence-corrected chi connectivity index (χ3v) is 7.41. The van der Waals surface area contributed by atoms with E-state index in [9.17, 15) is 4.79 Å². The second kappa shape index (κ2) is 9.11. The van der Waals surface area contributed by atoms with Gasteiger partial charge in [0.2, 0.25) is 11.8 Å². The number of para-hydroxylation sites is 2. The van der Waals surface area contributed by atoms with Gasteiger partial charge in [0.1, 0.15) is 0 Å². The molecule has 3 aromatic heterocycles. The van der Waals surface area contributed by atoms with Crippen LogP contribution in [0.25, 0.3) is 21.3 Å². The van der Waals surface area contributed by atoms with Gasteiger partial charge in [-0.3, -0.25) is 9.69 Å². The number of nitrogens with zero attached hydrogens (tertiary/aromatic N) is 5. The molecule has 3 heterocycles. The van der Waals surface area contributed by atoms with E-state index >= 15 is 0 Å². The Balaban J connectivity index is 1.52. The molecule has 0 aliphatic rings. The van der Waals surface area contributed by atoms with E-state index in [0.717, 1.165) is 49.3 Å². The van der Waals surface area contributed by atoms with Crippen molar-refractivity contribution in [3.63, 3.8) is 0 Å². The molecule has 0 unspecified atom stereocenters. The SMILES string of the molecule is COc1nn(C)c2nc(C)c(CCC(=O)N(c3nc4ccccc4s3)c3ccccc3C)c(C)c12. The number of ether oxygens (including phenoxy) is 1. The van der Waals surface area contributed by atoms with Crippen molar-refractivity contribution in [2.75, 3.05) is 12.0 Å². The summed E-state index contributed by atoms with van der Waals surface area (Å²) in [5.41, 5.74) is 6.55. The van der Waals surface area contributed by atoms with Crippen LogP contribution in [0.2, 0.25) is 0 Å². The molecule has 0 saturated heterocycles. The molecule has 0 aliphatic heterocycles. The van der Waals surface area contributed by atoms with E-state index in [2.05, 4.69) is 5.10 Å². The summed E-state index contributed by atoms with van der Waals surface area (Å²) < 4.78 is 8.28. The lowest BCUT2D eigenvalue weighted by molar-refractivity contribution is -0.117. The lowest BCUT2D eigenvalue weighted by atomic mass is 9.99. The minimum absolute atomic E-state index is 0.00425. The maximum Gasteiger partial charge on any atom is 0.242 e. The van der Waals surface area contributed by atoms with E-state index in [-0.39, 0.29) is 5.91 Å². The first-order chi connectivity index (χ1) is 16.9. The average Bonchev–Trinajstić information content (AvgIpc) is 3.41. The van der Waals surface area contributed by atoms with Crippen LogP contribution in [0.15, 0.2) is 48.5 Å². The van der Waals surface area contributed by atoms with Gasteiger partial charge in [-0.15, -0.1) is 5.10 Å². The van der Waals surface area contributed by atoms with Gasteiger partial charge in [-0.25, -0.2) is 14.6 Å². The number of carbonyl (C=O) groups excluding carboxylic acids is 1. The van der Waals surface area contributed by atoms with Crippen LogP contribution in [0.1, 0.15) is 28.8 Å². The lowest BCUT2D eigenvalue weighted by Crippen LogP contribution is -2.27. The van der Waals surface area contributed by atoms with Gasteiger partial charge >= 0.3 is 0 Å². The summed E-state index contributed by atoms with van der Waals surface area (Å²) in [5.74, 6) is 0.548. The summed E-state index contributed by atoms with van der Waals surface area (Å²) in [5, 5.41) is 6.01. The molecule has 0 saturated carbocycles. The molecule has 0 aliphatic carbocycles. The summed E-state index contributed by atoms with van der Waals surface area (Å²) >= 11 is 1.53. The van der Waals surface area contributed by atoms with E-state index in [1.807, 2.05) is 76.3 Å². The van der Waals surface area contributed by atoms with Gasteiger partial charge in [0, 0.05) is 19.2 Å². The van der Waals surface area contributed by atoms with Crippen LogP contribution in [0.5, 0.6) is 5.88 Å². The molecule has 7 nitrogen and oxygen atoms in total. The second-order valence-corrected chi connectivity index (χ2v) is 9.62. The van der Waals surface area contributed by atoms with Gasteiger partial charge in [0.05, 0.1) is 28.4 Å². The van der Waals surface area contributed by atoms with Crippen LogP contribution >= 0.6 is 11.3 Å². The van der Waals surface area contributed by atoms with Crippen molar-refractivity contribution in [3.05, 3.63) is 70.9 Å². The van der Waals surface area contributed by atoms with Crippen molar-refractivity contribution < 1.29 is 9.53 Å². The standard InChI is InChI=1S/C27H27N5O2S/c1-16-10-6-8-12-21(16)32(27-29-20-11-7-9-13-22(20)35-27)23(33)15-14-19-17(2)24-25(28-18(19)3)31(4)30-26(24)34-5/h6-13H,14-15H2,1-5H3. The molecule has 0 bridgehead atoms. The quantitative estimate of drug-likeness (QED) is 0.303. The second-order valence-electron chi connectivity index (χ2n) is 8.61. The molecule has 178 valence electrons. The predicted octanol–water partition coefficient (Wildman–Crippen LogP) is 5.81. The van der Waals surface area contributed by atoms with Crippen LogP contribution in [0.3, 0.4) is 0 Å². The van der Waals surface area contributed by atoms with Crippen LogP contribution in [0.4, 0.5) is 10.8 Å². The van der Waals surface area contributed by atoms with Gasteiger partial charge in [-0.1, -0.05) is 41.7 Å². The van der Waals surface area contributed by atoms with E-state index in [1.54, 1.807) is 16.7 Å². The molecule has 0 atom stereocenters. The number of carbonyl (C=O) groups is 1. The number of thiazole rings is 1. The summed E-state index contributed by atoms with van der Waals surface area (Å²) in [6, 6.07) is 15.9. The predicted molar refractivity (Wildman–Crippen MR) is 141 cm³/mol. The molecular formula is C27H27N5O2S. The number of methoxy groups -OCH3 is 1. The molecule has 0 spiro atoms. The lowest BCUT2D eigenvalue weighted by Gasteiger charge is -2.22. The molecular weight excluding hydrogens is 458 g/mol. The number of benzene rings is 2. The molecule has 5 rings (SSSR count). The fraction of sp³-hybridized carbons (Fsp3) is 0.259. The minimum atomic E-state index is -0.00425. The first-order valence-corrected chi connectivity index (χ1v) is 12.3. The molecule has 0 radical (unpaired) electrons. The fourth-order valence-electron chi connectivity index (χ4n) is 4.57. The Bertz CT molecular complexity index is 1540. The van der Waals surface area contributed by atoms with Crippen molar-refractivity contribution in [2.45, 2.75) is 33.6 Å². The molecule has 8 heteroatoms. The van der Waals surface area contributed by atoms with E-state index < -0.39 is 0 Å². The summed E-state index contributed by atoms with van der Waals surface area (Å²) in [7, 11) is 3.47. The van der Waals surface area contributed by atoms with Crippen LogP contribution in [-0.4, -0.2) is 32.8 Å². The van der Waals surface area contributed by atoms with Crippen LogP contribution in [-0.2, 0) is 18.3 Å². The van der Waals surface area contributed by atoms with Crippen molar-refractivity contribution in [3.8, 4) is 5.88 Å². The number of aryl methyl sites for hydroxylation is 4. The Morgan fingerprint density at radius 3 is 2.54 bits per heavy atom. The Morgan fingerprint density at radius 1 is 1.06 bits per heavy atom. The van der Waals surface area contributed by atoms with Gasteiger partial charge in [-0.05, 0) is 62.1 Å². The Hall–Kier alpha value is -3.78. The van der Waals surface area contributed by atoms with Crippen molar-refractivity contribution in [1.82, 2.24) is 19.7 Å². The summed E-state index contributed by atoms with van der Waals surface area (Å²) in [4.78, 5) is 25.1. The minimum Gasteiger partial charge on any atom is -0.479 e. The van der Waals surface area contributed by atoms with Gasteiger partial charge < -0.3 is 4.74 Å². The third-order valence-electron chi connectivity index (χ3n) is 6.38. The highest BCUT2D eigenvalue weighted by Crippen LogP contribution is 2.36. The normalized spacial score (nSPS) is 11.3. The summed E-state index contributed by atoms with van der Waals surface area (Å²) in [6.45, 7) is 6.05. The van der Waals surface area contributed by atoms with E-state index in [1.165, 1.54) is 11.3 Å². The maximum absolute atomic E-state index is 13.8. The van der Waals surface area contributed by atoms with Crippen molar-refractivity contribution in [2.24, 2.45) is 7.05 Å². The van der Waals surface area contributed by atoms with E-state index in [0.29, 0.717) is 23.9 Å². The number of hydrogen-bond acceptors (Lipinski definition) is 6. The van der Waals surface area contributed by atoms with Gasteiger partial charge in [-0.2, -0.15) is 0 Å². The topological polar surface area (TPSA) is 73.1 Å². The number of amides is 1. The number of anilines is 2. The number of hydrogen-bond donors (Lipinski definition) is 0. The Labute approximate surface area is 208 Å². The van der Waals surface area contributed by atoms with E-state index in [4.69, 9.17) is 14.7 Å². The van der Waals surface area contributed by atoms with Crippen LogP contribution in [0, 0.1) is 20.8 Å². The zero-order chi connectivity index (χ0) is 24.7. The monoisotopic (exact) mass is 485 g/mol. The molecule has 0 fully saturated rings. The molecule has 5 aromatic rings. The fourth-order valence-corrected chi connectivity index (χ4v) is 5.56. The zero-order valence-electron chi connectivity index (χ0n) is 20.5. The number of fused-ring (bicyclic) bond motifs is 2. The largest absolute Gasteiger partial charge is 0.479 e. The number of aromatic nitrogens is 4. The Kier molecular flexibility index (Phi) is 5.98. The van der Waals surface area contributed by atoms with Gasteiger partial charge in [0.25, 0.3) is 0 Å². The molecule has 0 N–H and O–H groups in total. The average molecular weight is 486 g/mol. The molecule has 35 heavy (non-hydrogen) atoms. The first-order valence-electron chi connectivity index (χ1n) is 11.5. The molecule has 1 amide bonds.